The molecule has 202 valence electrons. The zero-order chi connectivity index (χ0) is 27.9. The number of nitrogens with one attached hydrogen (secondary N) is 1. The predicted molar refractivity (Wildman–Crippen MR) is 142 cm³/mol. The minimum absolute atomic E-state index is 0.177. The summed E-state index contributed by atoms with van der Waals surface area (Å²) in [5.41, 5.74) is -0.310. The highest BCUT2D eigenvalue weighted by Crippen LogP contribution is 2.37. The van der Waals surface area contributed by atoms with Gasteiger partial charge in [0.05, 0.1) is 5.02 Å². The molecule has 3 atom stereocenters. The van der Waals surface area contributed by atoms with Crippen LogP contribution in [-0.4, -0.2) is 29.8 Å². The molecule has 3 aromatic rings. The lowest BCUT2D eigenvalue weighted by Crippen LogP contribution is -2.43. The van der Waals surface area contributed by atoms with Crippen molar-refractivity contribution in [3.63, 3.8) is 0 Å². The number of para-hydroxylation sites is 2. The molecule has 0 spiro atoms. The van der Waals surface area contributed by atoms with Gasteiger partial charge in [0.2, 0.25) is 0 Å². The van der Waals surface area contributed by atoms with E-state index >= 15 is 0 Å². The molecule has 1 N–H and O–H groups in total. The van der Waals surface area contributed by atoms with Gasteiger partial charge in [-0.25, -0.2) is 14.0 Å². The lowest BCUT2D eigenvalue weighted by Gasteiger charge is -2.28. The largest absolute Gasteiger partial charge is 0.480 e. The second kappa shape index (κ2) is 12.6. The smallest absolute Gasteiger partial charge is 0.408 e. The highest BCUT2D eigenvalue weighted by Gasteiger charge is 2.31. The maximum Gasteiger partial charge on any atom is 0.408 e. The molecule has 0 aliphatic rings. The van der Waals surface area contributed by atoms with Crippen LogP contribution in [0, 0.1) is 5.82 Å². The minimum Gasteiger partial charge on any atom is -0.480 e. The quantitative estimate of drug-likeness (QED) is 0.286. The molecule has 0 unspecified atom stereocenters. The van der Waals surface area contributed by atoms with E-state index < -0.39 is 41.7 Å². The average molecular weight is 544 g/mol. The van der Waals surface area contributed by atoms with Crippen molar-refractivity contribution in [3.05, 3.63) is 89.2 Å². The van der Waals surface area contributed by atoms with E-state index in [9.17, 15) is 14.0 Å². The lowest BCUT2D eigenvalue weighted by atomic mass is 10.0. The third kappa shape index (κ3) is 8.38. The Kier molecular flexibility index (Phi) is 9.58. The number of hydrogen-bond donors (Lipinski definition) is 1. The number of halogens is 2. The molecule has 3 aromatic carbocycles. The number of alkyl carbamates (subject to hydrolysis) is 1. The third-order valence-corrected chi connectivity index (χ3v) is 5.47. The molecule has 3 rings (SSSR count). The van der Waals surface area contributed by atoms with Crippen LogP contribution in [0.4, 0.5) is 9.18 Å². The van der Waals surface area contributed by atoms with Crippen LogP contribution in [0.3, 0.4) is 0 Å². The van der Waals surface area contributed by atoms with Gasteiger partial charge in [0.15, 0.2) is 6.10 Å². The molecule has 0 bridgehead atoms. The molecule has 0 radical (unpaired) electrons. The molecule has 0 saturated carbocycles. The molecule has 38 heavy (non-hydrogen) atoms. The molecule has 1 amide bonds. The Balaban J connectivity index is 1.89. The fourth-order valence-electron chi connectivity index (χ4n) is 3.43. The van der Waals surface area contributed by atoms with Crippen molar-refractivity contribution in [2.24, 2.45) is 0 Å². The molecule has 0 aliphatic carbocycles. The molecule has 0 heterocycles. The number of carbonyl (C=O) groups excluding carboxylic acids is 2. The summed E-state index contributed by atoms with van der Waals surface area (Å²) in [6, 6.07) is 18.7. The Morgan fingerprint density at radius 3 is 2.24 bits per heavy atom. The Labute approximate surface area is 226 Å². The van der Waals surface area contributed by atoms with E-state index in [0.717, 1.165) is 0 Å². The number of carbonyl (C=O) groups is 2. The van der Waals surface area contributed by atoms with Crippen molar-refractivity contribution < 1.29 is 32.9 Å². The molecule has 0 aliphatic heterocycles. The van der Waals surface area contributed by atoms with Crippen molar-refractivity contribution in [1.82, 2.24) is 5.32 Å². The molecular weight excluding hydrogens is 513 g/mol. The van der Waals surface area contributed by atoms with Gasteiger partial charge < -0.3 is 24.3 Å². The first-order valence-corrected chi connectivity index (χ1v) is 12.4. The number of rotatable bonds is 9. The summed E-state index contributed by atoms with van der Waals surface area (Å²) in [5, 5.41) is 2.80. The summed E-state index contributed by atoms with van der Waals surface area (Å²) in [4.78, 5) is 25.0. The summed E-state index contributed by atoms with van der Waals surface area (Å²) in [6.45, 7) is 8.24. The molecule has 7 nitrogen and oxygen atoms in total. The number of benzene rings is 3. The van der Waals surface area contributed by atoms with Crippen molar-refractivity contribution in [1.29, 1.82) is 0 Å². The fourth-order valence-corrected chi connectivity index (χ4v) is 3.61. The second-order valence-electron chi connectivity index (χ2n) is 9.58. The normalized spacial score (nSPS) is 13.6. The summed E-state index contributed by atoms with van der Waals surface area (Å²) in [6.07, 6.45) is -2.62. The zero-order valence-corrected chi connectivity index (χ0v) is 22.6. The van der Waals surface area contributed by atoms with Crippen molar-refractivity contribution in [3.8, 4) is 17.2 Å². The van der Waals surface area contributed by atoms with Gasteiger partial charge in [-0.05, 0) is 71.0 Å². The van der Waals surface area contributed by atoms with E-state index in [0.29, 0.717) is 22.1 Å². The van der Waals surface area contributed by atoms with Crippen molar-refractivity contribution in [2.75, 3.05) is 0 Å². The van der Waals surface area contributed by atoms with E-state index in [4.69, 9.17) is 30.5 Å². The first-order chi connectivity index (χ1) is 17.9. The monoisotopic (exact) mass is 543 g/mol. The van der Waals surface area contributed by atoms with E-state index in [1.54, 1.807) is 76.2 Å². The Hall–Kier alpha value is -3.78. The van der Waals surface area contributed by atoms with Gasteiger partial charge in [-0.2, -0.15) is 0 Å². The van der Waals surface area contributed by atoms with E-state index in [2.05, 4.69) is 5.32 Å². The van der Waals surface area contributed by atoms with Gasteiger partial charge in [0.1, 0.15) is 40.8 Å². The zero-order valence-electron chi connectivity index (χ0n) is 21.9. The maximum atomic E-state index is 14.3. The Morgan fingerprint density at radius 2 is 1.58 bits per heavy atom. The van der Waals surface area contributed by atoms with Gasteiger partial charge in [-0.1, -0.05) is 41.9 Å². The van der Waals surface area contributed by atoms with Crippen LogP contribution < -0.4 is 14.8 Å². The van der Waals surface area contributed by atoms with E-state index in [1.807, 2.05) is 6.07 Å². The maximum absolute atomic E-state index is 14.3. The third-order valence-electron chi connectivity index (χ3n) is 5.16. The van der Waals surface area contributed by atoms with Gasteiger partial charge in [0, 0.05) is 11.6 Å². The minimum atomic E-state index is -1.01. The van der Waals surface area contributed by atoms with Crippen molar-refractivity contribution >= 4 is 23.7 Å². The molecule has 0 fully saturated rings. The summed E-state index contributed by atoms with van der Waals surface area (Å²) >= 11 is 6.34. The summed E-state index contributed by atoms with van der Waals surface area (Å²) in [7, 11) is 0. The van der Waals surface area contributed by atoms with Crippen LogP contribution in [0.15, 0.2) is 72.8 Å². The number of ether oxygens (including phenoxy) is 4. The van der Waals surface area contributed by atoms with Gasteiger partial charge in [-0.3, -0.25) is 0 Å². The first-order valence-electron chi connectivity index (χ1n) is 12.1. The molecule has 0 aromatic heterocycles. The average Bonchev–Trinajstić information content (AvgIpc) is 2.83. The van der Waals surface area contributed by atoms with Gasteiger partial charge in [-0.15, -0.1) is 0 Å². The topological polar surface area (TPSA) is 83.1 Å². The highest BCUT2D eigenvalue weighted by atomic mass is 35.5. The number of amides is 1. The summed E-state index contributed by atoms with van der Waals surface area (Å²) in [5.74, 6) is -0.247. The van der Waals surface area contributed by atoms with Crippen LogP contribution >= 0.6 is 11.6 Å². The molecule has 9 heteroatoms. The van der Waals surface area contributed by atoms with Crippen LogP contribution in [0.25, 0.3) is 0 Å². The Morgan fingerprint density at radius 1 is 0.921 bits per heavy atom. The number of hydrogen-bond acceptors (Lipinski definition) is 6. The lowest BCUT2D eigenvalue weighted by molar-refractivity contribution is -0.155. The predicted octanol–water partition coefficient (Wildman–Crippen LogP) is 7.24. The fraction of sp³-hybridized carbons (Fsp3) is 0.310. The number of esters is 1. The highest BCUT2D eigenvalue weighted by molar-refractivity contribution is 6.32. The van der Waals surface area contributed by atoms with Gasteiger partial charge >= 0.3 is 12.1 Å². The first kappa shape index (κ1) is 28.8. The molecule has 0 saturated heterocycles. The van der Waals surface area contributed by atoms with Crippen LogP contribution in [0.2, 0.25) is 5.02 Å². The second-order valence-corrected chi connectivity index (χ2v) is 9.98. The van der Waals surface area contributed by atoms with Crippen LogP contribution in [0.5, 0.6) is 17.2 Å². The van der Waals surface area contributed by atoms with Crippen LogP contribution in [-0.2, 0) is 14.3 Å². The van der Waals surface area contributed by atoms with Crippen molar-refractivity contribution in [2.45, 2.75) is 58.5 Å². The van der Waals surface area contributed by atoms with Crippen LogP contribution in [0.1, 0.15) is 46.3 Å². The van der Waals surface area contributed by atoms with Gasteiger partial charge in [0.25, 0.3) is 0 Å². The Bertz CT molecular complexity index is 1250. The summed E-state index contributed by atoms with van der Waals surface area (Å²) < 4.78 is 37.4. The van der Waals surface area contributed by atoms with E-state index in [1.165, 1.54) is 25.1 Å². The molecular formula is C29H31ClFNO6. The van der Waals surface area contributed by atoms with E-state index in [-0.39, 0.29) is 5.75 Å². The standard InChI is InChI=1S/C29H31ClFNO6/c1-18(32-28(34)38-29(3,4)5)27(33)35-19(2)26(37-24-14-10-9-13-23(24)30)22-16-15-20(31)17-25(22)36-21-11-7-6-8-12-21/h6-19,26H,1-5H3,(H,32,34)/t18-,19-,26-/m0/s1. The SMILES string of the molecule is C[C@H](NC(=O)OC(C)(C)C)C(=O)O[C@@H](C)[C@H](Oc1ccccc1Cl)c1ccc(F)cc1Oc1ccccc1.